The van der Waals surface area contributed by atoms with Crippen LogP contribution in [-0.2, 0) is 20.7 Å². The normalized spacial score (nSPS) is 26.9. The molecule has 2 aromatic rings. The summed E-state index contributed by atoms with van der Waals surface area (Å²) < 4.78 is 11.5. The molecule has 6 nitrogen and oxygen atoms in total. The van der Waals surface area contributed by atoms with Gasteiger partial charge in [-0.15, -0.1) is 0 Å². The second-order valence-corrected chi connectivity index (χ2v) is 8.45. The van der Waals surface area contributed by atoms with Crippen LogP contribution in [0.5, 0.6) is 5.75 Å². The van der Waals surface area contributed by atoms with Gasteiger partial charge >= 0.3 is 0 Å². The quantitative estimate of drug-likeness (QED) is 0.466. The van der Waals surface area contributed by atoms with Crippen molar-refractivity contribution in [2.45, 2.75) is 44.4 Å². The fourth-order valence-corrected chi connectivity index (χ4v) is 4.78. The summed E-state index contributed by atoms with van der Waals surface area (Å²) >= 11 is 0. The number of nitrogens with zero attached hydrogens (tertiary/aromatic N) is 1. The Kier molecular flexibility index (Phi) is 5.02. The van der Waals surface area contributed by atoms with Gasteiger partial charge in [0.05, 0.1) is 17.7 Å². The van der Waals surface area contributed by atoms with Crippen LogP contribution < -0.4 is 4.74 Å². The average molecular weight is 419 g/mol. The molecule has 5 rings (SSSR count). The van der Waals surface area contributed by atoms with Crippen molar-refractivity contribution in [2.75, 3.05) is 13.2 Å². The number of ketones is 1. The summed E-state index contributed by atoms with van der Waals surface area (Å²) in [4.78, 5) is 27.7. The summed E-state index contributed by atoms with van der Waals surface area (Å²) in [5.74, 6) is -0.606. The highest BCUT2D eigenvalue weighted by Gasteiger charge is 2.47. The van der Waals surface area contributed by atoms with E-state index in [1.54, 1.807) is 11.0 Å². The predicted molar refractivity (Wildman–Crippen MR) is 115 cm³/mol. The highest BCUT2D eigenvalue weighted by molar-refractivity contribution is 6.46. The fourth-order valence-electron chi connectivity index (χ4n) is 4.78. The standard InChI is InChI=1S/C25H25NO5/c1-15-12-18-13-17(9-10-20(18)31-15)23(27)21-22(16-6-3-2-4-7-16)26(25(29)24(21)28)14-19-8-5-11-30-19/h2-4,6-7,9-10,13,15,19,22,27H,5,8,11-12,14H2,1H3/t15-,19+,22+/m1/s1. The number of hydrogen-bond donors (Lipinski definition) is 1. The topological polar surface area (TPSA) is 76.1 Å². The second-order valence-electron chi connectivity index (χ2n) is 8.45. The zero-order valence-electron chi connectivity index (χ0n) is 17.4. The molecule has 2 aromatic carbocycles. The molecule has 2 saturated heterocycles. The Balaban J connectivity index is 1.59. The van der Waals surface area contributed by atoms with Crippen molar-refractivity contribution < 1.29 is 24.2 Å². The van der Waals surface area contributed by atoms with Crippen LogP contribution in [0.25, 0.3) is 5.76 Å². The summed E-state index contributed by atoms with van der Waals surface area (Å²) in [6.07, 6.45) is 2.52. The van der Waals surface area contributed by atoms with Crippen molar-refractivity contribution in [3.8, 4) is 5.75 Å². The third-order valence-electron chi connectivity index (χ3n) is 6.25. The number of carbonyl (C=O) groups excluding carboxylic acids is 2. The maximum atomic E-state index is 13.1. The van der Waals surface area contributed by atoms with Crippen molar-refractivity contribution >= 4 is 17.4 Å². The second kappa shape index (κ2) is 7.85. The number of aliphatic hydroxyl groups excluding tert-OH is 1. The lowest BCUT2D eigenvalue weighted by Gasteiger charge is -2.27. The Morgan fingerprint density at radius 1 is 1.16 bits per heavy atom. The molecule has 2 fully saturated rings. The Bertz CT molecular complexity index is 1050. The van der Waals surface area contributed by atoms with Crippen molar-refractivity contribution in [2.24, 2.45) is 0 Å². The molecule has 160 valence electrons. The molecule has 0 aliphatic carbocycles. The number of benzene rings is 2. The van der Waals surface area contributed by atoms with Gasteiger partial charge in [0.15, 0.2) is 0 Å². The van der Waals surface area contributed by atoms with Crippen LogP contribution in [0.15, 0.2) is 54.1 Å². The van der Waals surface area contributed by atoms with Gasteiger partial charge < -0.3 is 19.5 Å². The van der Waals surface area contributed by atoms with Crippen LogP contribution in [0.4, 0.5) is 0 Å². The summed E-state index contributed by atoms with van der Waals surface area (Å²) in [6.45, 7) is 2.99. The molecule has 3 atom stereocenters. The number of ether oxygens (including phenoxy) is 2. The number of aliphatic hydroxyl groups is 1. The summed E-state index contributed by atoms with van der Waals surface area (Å²) in [6, 6.07) is 14.1. The average Bonchev–Trinajstić information content (AvgIpc) is 3.48. The van der Waals surface area contributed by atoms with E-state index < -0.39 is 17.7 Å². The molecule has 1 N–H and O–H groups in total. The van der Waals surface area contributed by atoms with E-state index in [0.29, 0.717) is 18.7 Å². The van der Waals surface area contributed by atoms with Gasteiger partial charge in [-0.2, -0.15) is 0 Å². The lowest BCUT2D eigenvalue weighted by atomic mass is 9.94. The van der Waals surface area contributed by atoms with Crippen molar-refractivity contribution in [1.29, 1.82) is 0 Å². The predicted octanol–water partition coefficient (Wildman–Crippen LogP) is 3.61. The maximum Gasteiger partial charge on any atom is 0.295 e. The minimum absolute atomic E-state index is 0.0775. The molecule has 0 unspecified atom stereocenters. The molecule has 0 radical (unpaired) electrons. The van der Waals surface area contributed by atoms with Gasteiger partial charge in [-0.25, -0.2) is 0 Å². The van der Waals surface area contributed by atoms with Crippen LogP contribution >= 0.6 is 0 Å². The third-order valence-corrected chi connectivity index (χ3v) is 6.25. The van der Waals surface area contributed by atoms with Crippen LogP contribution in [-0.4, -0.2) is 47.1 Å². The zero-order valence-corrected chi connectivity index (χ0v) is 17.4. The van der Waals surface area contributed by atoms with Crippen molar-refractivity contribution in [3.05, 3.63) is 70.8 Å². The van der Waals surface area contributed by atoms with E-state index in [9.17, 15) is 14.7 Å². The van der Waals surface area contributed by atoms with Crippen LogP contribution in [0, 0.1) is 0 Å². The van der Waals surface area contributed by atoms with Gasteiger partial charge in [0.1, 0.15) is 17.6 Å². The molecule has 0 bridgehead atoms. The number of amides is 1. The minimum Gasteiger partial charge on any atom is -0.507 e. The van der Waals surface area contributed by atoms with E-state index in [-0.39, 0.29) is 23.5 Å². The van der Waals surface area contributed by atoms with E-state index in [0.717, 1.165) is 36.1 Å². The van der Waals surface area contributed by atoms with E-state index in [2.05, 4.69) is 0 Å². The maximum absolute atomic E-state index is 13.1. The van der Waals surface area contributed by atoms with Crippen LogP contribution in [0.2, 0.25) is 0 Å². The molecule has 31 heavy (non-hydrogen) atoms. The SMILES string of the molecule is C[C@@H]1Cc2cc(C(O)=C3C(=O)C(=O)N(C[C@@H]4CCCO4)[C@H]3c3ccccc3)ccc2O1. The van der Waals surface area contributed by atoms with Gasteiger partial charge in [0, 0.05) is 25.1 Å². The molecule has 1 amide bonds. The van der Waals surface area contributed by atoms with Gasteiger partial charge in [-0.1, -0.05) is 30.3 Å². The highest BCUT2D eigenvalue weighted by Crippen LogP contribution is 2.41. The van der Waals surface area contributed by atoms with Gasteiger partial charge in [0.25, 0.3) is 11.7 Å². The Labute approximate surface area is 181 Å². The largest absolute Gasteiger partial charge is 0.507 e. The number of fused-ring (bicyclic) bond motifs is 1. The lowest BCUT2D eigenvalue weighted by molar-refractivity contribution is -0.140. The molecule has 3 aliphatic rings. The molecule has 0 aromatic heterocycles. The first kappa shape index (κ1) is 19.8. The molecule has 3 heterocycles. The summed E-state index contributed by atoms with van der Waals surface area (Å²) in [5, 5.41) is 11.2. The molecule has 0 saturated carbocycles. The summed E-state index contributed by atoms with van der Waals surface area (Å²) in [5.41, 5.74) is 2.43. The van der Waals surface area contributed by atoms with Gasteiger partial charge in [0.2, 0.25) is 0 Å². The van der Waals surface area contributed by atoms with E-state index in [1.165, 1.54) is 0 Å². The Morgan fingerprint density at radius 3 is 2.71 bits per heavy atom. The third kappa shape index (κ3) is 3.51. The van der Waals surface area contributed by atoms with Crippen molar-refractivity contribution in [1.82, 2.24) is 4.90 Å². The number of carbonyl (C=O) groups is 2. The van der Waals surface area contributed by atoms with Gasteiger partial charge in [-0.3, -0.25) is 9.59 Å². The molecule has 0 spiro atoms. The molecular formula is C25H25NO5. The molecular weight excluding hydrogens is 394 g/mol. The molecule has 3 aliphatic heterocycles. The Morgan fingerprint density at radius 2 is 1.97 bits per heavy atom. The number of likely N-dealkylation sites (tertiary alicyclic amines) is 1. The lowest BCUT2D eigenvalue weighted by Crippen LogP contribution is -2.36. The first-order valence-electron chi connectivity index (χ1n) is 10.8. The Hall–Kier alpha value is -3.12. The van der Waals surface area contributed by atoms with Crippen LogP contribution in [0.1, 0.15) is 42.5 Å². The van der Waals surface area contributed by atoms with Crippen LogP contribution in [0.3, 0.4) is 0 Å². The summed E-state index contributed by atoms with van der Waals surface area (Å²) in [7, 11) is 0. The molecule has 6 heteroatoms. The highest BCUT2D eigenvalue weighted by atomic mass is 16.5. The van der Waals surface area contributed by atoms with Crippen molar-refractivity contribution in [3.63, 3.8) is 0 Å². The smallest absolute Gasteiger partial charge is 0.295 e. The van der Waals surface area contributed by atoms with Gasteiger partial charge in [-0.05, 0) is 49.1 Å². The van der Waals surface area contributed by atoms with E-state index in [1.807, 2.05) is 49.4 Å². The number of Topliss-reactive ketones (excluding diaryl/α,β-unsaturated/α-hetero) is 1. The first-order chi connectivity index (χ1) is 15.0. The van der Waals surface area contributed by atoms with E-state index in [4.69, 9.17) is 9.47 Å². The zero-order chi connectivity index (χ0) is 21.5. The first-order valence-corrected chi connectivity index (χ1v) is 10.8. The monoisotopic (exact) mass is 419 g/mol. The fraction of sp³-hybridized carbons (Fsp3) is 0.360. The number of rotatable bonds is 4. The minimum atomic E-state index is -0.658. The number of hydrogen-bond acceptors (Lipinski definition) is 5. The van der Waals surface area contributed by atoms with E-state index >= 15 is 0 Å².